The zero-order valence-electron chi connectivity index (χ0n) is 18.1. The number of rotatable bonds is 9. The molecule has 2 heterocycles. The topological polar surface area (TPSA) is 86.4 Å². The van der Waals surface area contributed by atoms with Gasteiger partial charge in [-0.3, -0.25) is 14.2 Å². The van der Waals surface area contributed by atoms with E-state index in [0.29, 0.717) is 43.4 Å². The Labute approximate surface area is 186 Å². The molecule has 31 heavy (non-hydrogen) atoms. The molecule has 0 atom stereocenters. The first-order chi connectivity index (χ1) is 14.9. The molecule has 1 fully saturated rings. The monoisotopic (exact) mass is 448 g/mol. The molecule has 0 spiro atoms. The van der Waals surface area contributed by atoms with Crippen LogP contribution in [0, 0.1) is 0 Å². The fourth-order valence-electron chi connectivity index (χ4n) is 3.93. The standard InChI is InChI=1S/C22H29ClN4O4/c1-3-26-21(24-27(22(26)30)14-15-31-2)17-10-12-25(13-11-17)20(29)9-8-19(28)16-4-6-18(23)7-5-16/h4-7,17H,3,8-15H2,1-2H3. The Balaban J connectivity index is 1.54. The third-order valence-corrected chi connectivity index (χ3v) is 5.97. The average Bonchev–Trinajstić information content (AvgIpc) is 3.11. The summed E-state index contributed by atoms with van der Waals surface area (Å²) >= 11 is 5.85. The van der Waals surface area contributed by atoms with E-state index < -0.39 is 0 Å². The molecular weight excluding hydrogens is 420 g/mol. The molecule has 168 valence electrons. The predicted molar refractivity (Wildman–Crippen MR) is 118 cm³/mol. The van der Waals surface area contributed by atoms with Crippen LogP contribution in [0.5, 0.6) is 0 Å². The van der Waals surface area contributed by atoms with Crippen LogP contribution in [-0.4, -0.2) is 57.7 Å². The van der Waals surface area contributed by atoms with Gasteiger partial charge in [-0.1, -0.05) is 11.6 Å². The summed E-state index contributed by atoms with van der Waals surface area (Å²) < 4.78 is 8.23. The van der Waals surface area contributed by atoms with Crippen molar-refractivity contribution in [2.75, 3.05) is 26.8 Å². The zero-order valence-corrected chi connectivity index (χ0v) is 18.8. The Morgan fingerprint density at radius 2 is 1.84 bits per heavy atom. The molecule has 1 amide bonds. The van der Waals surface area contributed by atoms with Crippen molar-refractivity contribution in [2.24, 2.45) is 0 Å². The molecule has 2 aromatic rings. The van der Waals surface area contributed by atoms with Gasteiger partial charge in [-0.15, -0.1) is 0 Å². The number of halogens is 1. The number of ether oxygens (including phenoxy) is 1. The Morgan fingerprint density at radius 1 is 1.16 bits per heavy atom. The van der Waals surface area contributed by atoms with Crippen LogP contribution in [0.3, 0.4) is 0 Å². The summed E-state index contributed by atoms with van der Waals surface area (Å²) in [7, 11) is 1.60. The number of carbonyl (C=O) groups is 2. The Kier molecular flexibility index (Phi) is 8.03. The van der Waals surface area contributed by atoms with E-state index in [1.165, 1.54) is 4.68 Å². The molecule has 0 unspecified atom stereocenters. The van der Waals surface area contributed by atoms with Gasteiger partial charge in [-0.25, -0.2) is 9.48 Å². The van der Waals surface area contributed by atoms with Crippen LogP contribution in [0.2, 0.25) is 5.02 Å². The molecule has 1 aromatic carbocycles. The fourth-order valence-corrected chi connectivity index (χ4v) is 4.05. The van der Waals surface area contributed by atoms with Crippen LogP contribution in [0.1, 0.15) is 54.7 Å². The lowest BCUT2D eigenvalue weighted by Gasteiger charge is -2.31. The SMILES string of the molecule is CCn1c(C2CCN(C(=O)CCC(=O)c3ccc(Cl)cc3)CC2)nn(CCOC)c1=O. The number of piperidine rings is 1. The van der Waals surface area contributed by atoms with E-state index in [-0.39, 0.29) is 36.1 Å². The molecular formula is C22H29ClN4O4. The molecule has 3 rings (SSSR count). The van der Waals surface area contributed by atoms with Crippen molar-refractivity contribution < 1.29 is 14.3 Å². The van der Waals surface area contributed by atoms with Crippen molar-refractivity contribution in [3.05, 3.63) is 51.2 Å². The highest BCUT2D eigenvalue weighted by Gasteiger charge is 2.28. The number of hydrogen-bond acceptors (Lipinski definition) is 5. The van der Waals surface area contributed by atoms with E-state index in [1.807, 2.05) is 11.8 Å². The normalized spacial score (nSPS) is 14.7. The highest BCUT2D eigenvalue weighted by atomic mass is 35.5. The number of Topliss-reactive ketones (excluding diaryl/α,β-unsaturated/α-hetero) is 1. The number of likely N-dealkylation sites (tertiary alicyclic amines) is 1. The summed E-state index contributed by atoms with van der Waals surface area (Å²) in [6.45, 7) is 4.55. The van der Waals surface area contributed by atoms with Crippen LogP contribution in [-0.2, 0) is 22.6 Å². The van der Waals surface area contributed by atoms with Crippen LogP contribution < -0.4 is 5.69 Å². The van der Waals surface area contributed by atoms with Gasteiger partial charge in [0.05, 0.1) is 13.2 Å². The van der Waals surface area contributed by atoms with Crippen LogP contribution in [0.25, 0.3) is 0 Å². The van der Waals surface area contributed by atoms with Crippen molar-refractivity contribution in [3.8, 4) is 0 Å². The predicted octanol–water partition coefficient (Wildman–Crippen LogP) is 2.73. The van der Waals surface area contributed by atoms with Gasteiger partial charge in [-0.05, 0) is 44.0 Å². The molecule has 0 bridgehead atoms. The lowest BCUT2D eigenvalue weighted by atomic mass is 9.95. The maximum Gasteiger partial charge on any atom is 0.345 e. The molecule has 0 aliphatic carbocycles. The van der Waals surface area contributed by atoms with Gasteiger partial charge in [-0.2, -0.15) is 5.10 Å². The minimum atomic E-state index is -0.117. The van der Waals surface area contributed by atoms with Crippen molar-refractivity contribution >= 4 is 23.3 Å². The largest absolute Gasteiger partial charge is 0.383 e. The second kappa shape index (κ2) is 10.7. The number of nitrogens with zero attached hydrogens (tertiary/aromatic N) is 4. The number of hydrogen-bond donors (Lipinski definition) is 0. The molecule has 0 N–H and O–H groups in total. The Morgan fingerprint density at radius 3 is 2.45 bits per heavy atom. The van der Waals surface area contributed by atoms with Gasteiger partial charge in [0.25, 0.3) is 0 Å². The van der Waals surface area contributed by atoms with E-state index >= 15 is 0 Å². The minimum absolute atomic E-state index is 0.0146. The number of benzene rings is 1. The molecule has 0 radical (unpaired) electrons. The smallest absolute Gasteiger partial charge is 0.345 e. The number of aromatic nitrogens is 3. The average molecular weight is 449 g/mol. The summed E-state index contributed by atoms with van der Waals surface area (Å²) in [5, 5.41) is 5.12. The second-order valence-electron chi connectivity index (χ2n) is 7.69. The lowest BCUT2D eigenvalue weighted by Crippen LogP contribution is -2.38. The quantitative estimate of drug-likeness (QED) is 0.550. The number of ketones is 1. The van der Waals surface area contributed by atoms with E-state index in [2.05, 4.69) is 5.10 Å². The van der Waals surface area contributed by atoms with Gasteiger partial charge < -0.3 is 9.64 Å². The Hall–Kier alpha value is -2.45. The third kappa shape index (κ3) is 5.62. The van der Waals surface area contributed by atoms with E-state index in [1.54, 1.807) is 35.9 Å². The number of methoxy groups -OCH3 is 1. The molecule has 9 heteroatoms. The first kappa shape index (κ1) is 23.2. The van der Waals surface area contributed by atoms with Crippen molar-refractivity contribution in [3.63, 3.8) is 0 Å². The second-order valence-corrected chi connectivity index (χ2v) is 8.12. The van der Waals surface area contributed by atoms with Gasteiger partial charge >= 0.3 is 5.69 Å². The Bertz CT molecular complexity index is 959. The van der Waals surface area contributed by atoms with E-state index in [9.17, 15) is 14.4 Å². The highest BCUT2D eigenvalue weighted by Crippen LogP contribution is 2.26. The highest BCUT2D eigenvalue weighted by molar-refractivity contribution is 6.30. The van der Waals surface area contributed by atoms with Crippen molar-refractivity contribution in [2.45, 2.75) is 51.6 Å². The van der Waals surface area contributed by atoms with Crippen LogP contribution >= 0.6 is 11.6 Å². The molecule has 0 saturated carbocycles. The summed E-state index contributed by atoms with van der Waals surface area (Å²) in [5.74, 6) is 0.845. The molecule has 1 aliphatic rings. The van der Waals surface area contributed by atoms with Gasteiger partial charge in [0.15, 0.2) is 5.78 Å². The first-order valence-electron chi connectivity index (χ1n) is 10.7. The molecule has 1 aromatic heterocycles. The summed E-state index contributed by atoms with van der Waals surface area (Å²) in [6.07, 6.45) is 1.87. The maximum absolute atomic E-state index is 12.6. The van der Waals surface area contributed by atoms with Crippen molar-refractivity contribution in [1.29, 1.82) is 0 Å². The summed E-state index contributed by atoms with van der Waals surface area (Å²) in [5.41, 5.74) is 0.450. The van der Waals surface area contributed by atoms with Crippen LogP contribution in [0.4, 0.5) is 0 Å². The summed E-state index contributed by atoms with van der Waals surface area (Å²) in [4.78, 5) is 39.2. The molecule has 1 saturated heterocycles. The van der Waals surface area contributed by atoms with Gasteiger partial charge in [0, 0.05) is 56.1 Å². The van der Waals surface area contributed by atoms with Gasteiger partial charge in [0.1, 0.15) is 5.82 Å². The van der Waals surface area contributed by atoms with E-state index in [0.717, 1.165) is 18.7 Å². The first-order valence-corrected chi connectivity index (χ1v) is 11.0. The summed E-state index contributed by atoms with van der Waals surface area (Å²) in [6, 6.07) is 6.71. The van der Waals surface area contributed by atoms with E-state index in [4.69, 9.17) is 16.3 Å². The lowest BCUT2D eigenvalue weighted by molar-refractivity contribution is -0.132. The number of amides is 1. The number of carbonyl (C=O) groups excluding carboxylic acids is 2. The van der Waals surface area contributed by atoms with Crippen LogP contribution in [0.15, 0.2) is 29.1 Å². The van der Waals surface area contributed by atoms with Crippen molar-refractivity contribution in [1.82, 2.24) is 19.2 Å². The fraction of sp³-hybridized carbons (Fsp3) is 0.545. The molecule has 1 aliphatic heterocycles. The third-order valence-electron chi connectivity index (χ3n) is 5.72. The maximum atomic E-state index is 12.6. The zero-order chi connectivity index (χ0) is 22.4. The minimum Gasteiger partial charge on any atom is -0.383 e. The molecule has 8 nitrogen and oxygen atoms in total. The van der Waals surface area contributed by atoms with Gasteiger partial charge in [0.2, 0.25) is 5.91 Å².